The molecular formula is C23H25FN4O. The highest BCUT2D eigenvalue weighted by atomic mass is 19.1. The van der Waals surface area contributed by atoms with Crippen molar-refractivity contribution in [2.45, 2.75) is 19.4 Å². The predicted molar refractivity (Wildman–Crippen MR) is 112 cm³/mol. The second-order valence-electron chi connectivity index (χ2n) is 7.67. The van der Waals surface area contributed by atoms with E-state index < -0.39 is 0 Å². The molecule has 0 radical (unpaired) electrons. The standard InChI is InChI=1S/C23H25FN4O/c1-27-14-17(13-25-27)15-28-11-3-5-20(16-28)23(29)26-22-6-2-4-19(12-22)18-7-9-21(24)10-8-18/h2,4,6-10,12-14,20H,3,5,11,15-16H2,1H3,(H,26,29)/t20-/m1/s1. The van der Waals surface area contributed by atoms with E-state index in [9.17, 15) is 9.18 Å². The minimum atomic E-state index is -0.258. The van der Waals surface area contributed by atoms with Gasteiger partial charge in [0.05, 0.1) is 12.1 Å². The van der Waals surface area contributed by atoms with Crippen LogP contribution in [0.15, 0.2) is 60.9 Å². The zero-order valence-electron chi connectivity index (χ0n) is 16.5. The summed E-state index contributed by atoms with van der Waals surface area (Å²) in [6, 6.07) is 14.1. The lowest BCUT2D eigenvalue weighted by Crippen LogP contribution is -2.40. The van der Waals surface area contributed by atoms with Crippen molar-refractivity contribution in [3.05, 3.63) is 72.3 Å². The Bertz CT molecular complexity index is 983. The van der Waals surface area contributed by atoms with Crippen LogP contribution in [-0.4, -0.2) is 33.7 Å². The normalized spacial score (nSPS) is 17.2. The molecular weight excluding hydrogens is 367 g/mol. The van der Waals surface area contributed by atoms with E-state index in [-0.39, 0.29) is 17.6 Å². The van der Waals surface area contributed by atoms with Crippen molar-refractivity contribution in [1.82, 2.24) is 14.7 Å². The number of aromatic nitrogens is 2. The van der Waals surface area contributed by atoms with Crippen LogP contribution in [0.5, 0.6) is 0 Å². The zero-order chi connectivity index (χ0) is 20.2. The Balaban J connectivity index is 1.39. The number of nitrogens with one attached hydrogen (secondary N) is 1. The SMILES string of the molecule is Cn1cc(CN2CCC[C@@H](C(=O)Nc3cccc(-c4ccc(F)cc4)c3)C2)cn1. The molecule has 0 bridgehead atoms. The Morgan fingerprint density at radius 1 is 1.21 bits per heavy atom. The Morgan fingerprint density at radius 2 is 2.03 bits per heavy atom. The maximum atomic E-state index is 13.2. The number of hydrogen-bond acceptors (Lipinski definition) is 3. The van der Waals surface area contributed by atoms with E-state index in [0.717, 1.165) is 49.3 Å². The number of nitrogens with zero attached hydrogens (tertiary/aromatic N) is 3. The number of carbonyl (C=O) groups excluding carboxylic acids is 1. The van der Waals surface area contributed by atoms with Crippen LogP contribution in [0, 0.1) is 11.7 Å². The Labute approximate surface area is 170 Å². The maximum absolute atomic E-state index is 13.2. The van der Waals surface area contributed by atoms with E-state index in [2.05, 4.69) is 15.3 Å². The molecule has 0 aliphatic carbocycles. The molecule has 0 unspecified atom stereocenters. The lowest BCUT2D eigenvalue weighted by atomic mass is 9.96. The summed E-state index contributed by atoms with van der Waals surface area (Å²) in [6.45, 7) is 2.56. The Morgan fingerprint density at radius 3 is 2.79 bits per heavy atom. The van der Waals surface area contributed by atoms with E-state index in [4.69, 9.17) is 0 Å². The Hall–Kier alpha value is -2.99. The average Bonchev–Trinajstić information content (AvgIpc) is 3.13. The van der Waals surface area contributed by atoms with Crippen molar-refractivity contribution in [2.24, 2.45) is 13.0 Å². The summed E-state index contributed by atoms with van der Waals surface area (Å²) in [5.74, 6) is -0.238. The molecule has 1 aliphatic heterocycles. The molecule has 2 aromatic carbocycles. The first-order valence-electron chi connectivity index (χ1n) is 9.93. The highest BCUT2D eigenvalue weighted by molar-refractivity contribution is 5.93. The number of halogens is 1. The fraction of sp³-hybridized carbons (Fsp3) is 0.304. The Kier molecular flexibility index (Phi) is 5.71. The number of hydrogen-bond donors (Lipinski definition) is 1. The second kappa shape index (κ2) is 8.57. The first kappa shape index (κ1) is 19.3. The van der Waals surface area contributed by atoms with Crippen molar-refractivity contribution >= 4 is 11.6 Å². The molecule has 4 rings (SSSR count). The van der Waals surface area contributed by atoms with Gasteiger partial charge >= 0.3 is 0 Å². The zero-order valence-corrected chi connectivity index (χ0v) is 16.5. The number of carbonyl (C=O) groups is 1. The molecule has 1 aromatic heterocycles. The average molecular weight is 392 g/mol. The molecule has 29 heavy (non-hydrogen) atoms. The quantitative estimate of drug-likeness (QED) is 0.712. The van der Waals surface area contributed by atoms with Gasteiger partial charge in [-0.1, -0.05) is 24.3 Å². The first-order valence-corrected chi connectivity index (χ1v) is 9.93. The van der Waals surface area contributed by atoms with Crippen LogP contribution in [0.1, 0.15) is 18.4 Å². The third-order valence-electron chi connectivity index (χ3n) is 5.35. The number of piperidine rings is 1. The number of rotatable bonds is 5. The lowest BCUT2D eigenvalue weighted by molar-refractivity contribution is -0.121. The summed E-state index contributed by atoms with van der Waals surface area (Å²) in [5, 5.41) is 7.29. The van der Waals surface area contributed by atoms with E-state index >= 15 is 0 Å². The van der Waals surface area contributed by atoms with Crippen LogP contribution in [0.4, 0.5) is 10.1 Å². The molecule has 5 nitrogen and oxygen atoms in total. The lowest BCUT2D eigenvalue weighted by Gasteiger charge is -2.31. The van der Waals surface area contributed by atoms with Gasteiger partial charge in [-0.2, -0.15) is 5.10 Å². The van der Waals surface area contributed by atoms with Crippen LogP contribution in [0.2, 0.25) is 0 Å². The van der Waals surface area contributed by atoms with Crippen LogP contribution in [0.25, 0.3) is 11.1 Å². The molecule has 2 heterocycles. The molecule has 150 valence electrons. The van der Waals surface area contributed by atoms with Crippen molar-refractivity contribution < 1.29 is 9.18 Å². The molecule has 1 amide bonds. The van der Waals surface area contributed by atoms with Gasteiger partial charge in [-0.15, -0.1) is 0 Å². The molecule has 1 atom stereocenters. The molecule has 3 aromatic rings. The van der Waals surface area contributed by atoms with Gasteiger partial charge in [-0.3, -0.25) is 14.4 Å². The molecule has 1 aliphatic rings. The van der Waals surface area contributed by atoms with Gasteiger partial charge < -0.3 is 5.32 Å². The van der Waals surface area contributed by atoms with E-state index in [1.807, 2.05) is 43.7 Å². The van der Waals surface area contributed by atoms with Crippen molar-refractivity contribution in [2.75, 3.05) is 18.4 Å². The summed E-state index contributed by atoms with van der Waals surface area (Å²) in [6.07, 6.45) is 5.80. The summed E-state index contributed by atoms with van der Waals surface area (Å²) < 4.78 is 15.0. The third-order valence-corrected chi connectivity index (χ3v) is 5.35. The smallest absolute Gasteiger partial charge is 0.228 e. The highest BCUT2D eigenvalue weighted by Gasteiger charge is 2.26. The van der Waals surface area contributed by atoms with Crippen LogP contribution in [-0.2, 0) is 18.4 Å². The topological polar surface area (TPSA) is 50.2 Å². The molecule has 0 spiro atoms. The minimum absolute atomic E-state index is 0.0325. The van der Waals surface area contributed by atoms with Gasteiger partial charge in [0.25, 0.3) is 0 Å². The summed E-state index contributed by atoms with van der Waals surface area (Å²) in [4.78, 5) is 15.2. The van der Waals surface area contributed by atoms with Crippen molar-refractivity contribution in [3.8, 4) is 11.1 Å². The fourth-order valence-electron chi connectivity index (χ4n) is 3.89. The predicted octanol–water partition coefficient (Wildman–Crippen LogP) is 4.08. The molecule has 1 fully saturated rings. The number of anilines is 1. The maximum Gasteiger partial charge on any atom is 0.228 e. The van der Waals surface area contributed by atoms with Gasteiger partial charge in [0, 0.05) is 37.6 Å². The largest absolute Gasteiger partial charge is 0.326 e. The summed E-state index contributed by atoms with van der Waals surface area (Å²) in [5.41, 5.74) is 3.80. The van der Waals surface area contributed by atoms with Gasteiger partial charge in [-0.25, -0.2) is 4.39 Å². The number of aryl methyl sites for hydroxylation is 1. The van der Waals surface area contributed by atoms with Gasteiger partial charge in [0.1, 0.15) is 5.82 Å². The van der Waals surface area contributed by atoms with Crippen molar-refractivity contribution in [1.29, 1.82) is 0 Å². The van der Waals surface area contributed by atoms with E-state index in [0.29, 0.717) is 0 Å². The van der Waals surface area contributed by atoms with Crippen LogP contribution < -0.4 is 5.32 Å². The van der Waals surface area contributed by atoms with Crippen LogP contribution in [0.3, 0.4) is 0 Å². The highest BCUT2D eigenvalue weighted by Crippen LogP contribution is 2.25. The molecule has 6 heteroatoms. The second-order valence-corrected chi connectivity index (χ2v) is 7.67. The van der Waals surface area contributed by atoms with Crippen molar-refractivity contribution in [3.63, 3.8) is 0 Å². The molecule has 1 saturated heterocycles. The third kappa shape index (κ3) is 4.90. The van der Waals surface area contributed by atoms with E-state index in [1.54, 1.807) is 16.8 Å². The number of benzene rings is 2. The summed E-state index contributed by atoms with van der Waals surface area (Å²) in [7, 11) is 1.91. The monoisotopic (exact) mass is 392 g/mol. The molecule has 0 saturated carbocycles. The van der Waals surface area contributed by atoms with Crippen LogP contribution >= 0.6 is 0 Å². The number of likely N-dealkylation sites (tertiary alicyclic amines) is 1. The summed E-state index contributed by atoms with van der Waals surface area (Å²) >= 11 is 0. The fourth-order valence-corrected chi connectivity index (χ4v) is 3.89. The first-order chi connectivity index (χ1) is 14.1. The van der Waals surface area contributed by atoms with Gasteiger partial charge in [0.2, 0.25) is 5.91 Å². The number of amides is 1. The molecule has 1 N–H and O–H groups in total. The minimum Gasteiger partial charge on any atom is -0.326 e. The van der Waals surface area contributed by atoms with E-state index in [1.165, 1.54) is 17.7 Å². The van der Waals surface area contributed by atoms with Gasteiger partial charge in [0.15, 0.2) is 0 Å². The van der Waals surface area contributed by atoms with Gasteiger partial charge in [-0.05, 0) is 54.8 Å².